The lowest BCUT2D eigenvalue weighted by Crippen LogP contribution is -2.26. The highest BCUT2D eigenvalue weighted by Crippen LogP contribution is 2.14. The number of fused-ring (bicyclic) bond motifs is 1. The van der Waals surface area contributed by atoms with Crippen molar-refractivity contribution in [3.8, 4) is 0 Å². The summed E-state index contributed by atoms with van der Waals surface area (Å²) in [5.74, 6) is -2.72. The third kappa shape index (κ3) is 2.70. The van der Waals surface area contributed by atoms with Crippen LogP contribution >= 0.6 is 0 Å². The Morgan fingerprint density at radius 3 is 2.56 bits per heavy atom. The minimum atomic E-state index is -1.56. The van der Waals surface area contributed by atoms with Crippen LogP contribution in [-0.4, -0.2) is 23.2 Å². The van der Waals surface area contributed by atoms with E-state index in [4.69, 9.17) is 5.11 Å². The molecule has 0 aromatic heterocycles. The number of nitrogens with zero attached hydrogens (tertiary/aromatic N) is 1. The average Bonchev–Trinajstić information content (AvgIpc) is 2.38. The average molecular weight is 242 g/mol. The van der Waals surface area contributed by atoms with Crippen LogP contribution in [-0.2, 0) is 9.59 Å². The minimum absolute atomic E-state index is 0.777. The van der Waals surface area contributed by atoms with E-state index in [9.17, 15) is 9.59 Å². The molecular weight excluding hydrogens is 232 g/mol. The molecule has 0 heterocycles. The van der Waals surface area contributed by atoms with Gasteiger partial charge in [0.1, 0.15) is 0 Å². The van der Waals surface area contributed by atoms with Gasteiger partial charge in [-0.1, -0.05) is 36.4 Å². The monoisotopic (exact) mass is 242 g/mol. The van der Waals surface area contributed by atoms with Crippen molar-refractivity contribution in [3.63, 3.8) is 0 Å². The third-order valence-corrected chi connectivity index (χ3v) is 2.35. The quantitative estimate of drug-likeness (QED) is 0.474. The van der Waals surface area contributed by atoms with Crippen molar-refractivity contribution in [3.05, 3.63) is 48.0 Å². The molecule has 1 amide bonds. The van der Waals surface area contributed by atoms with E-state index in [1.54, 1.807) is 0 Å². The van der Waals surface area contributed by atoms with Gasteiger partial charge < -0.3 is 5.11 Å². The summed E-state index contributed by atoms with van der Waals surface area (Å²) in [7, 11) is 0. The van der Waals surface area contributed by atoms with Crippen molar-refractivity contribution in [2.24, 2.45) is 5.10 Å². The van der Waals surface area contributed by atoms with Gasteiger partial charge in [-0.05, 0) is 22.4 Å². The Balaban J connectivity index is 2.14. The SMILES string of the molecule is O=C(O)C(=O)N/N=C/c1ccc2ccccc2c1. The summed E-state index contributed by atoms with van der Waals surface area (Å²) in [5, 5.41) is 14.0. The van der Waals surface area contributed by atoms with Crippen LogP contribution in [0.25, 0.3) is 10.8 Å². The maximum atomic E-state index is 10.7. The Hall–Kier alpha value is -2.69. The van der Waals surface area contributed by atoms with Gasteiger partial charge in [0.2, 0.25) is 0 Å². The fourth-order valence-corrected chi connectivity index (χ4v) is 1.50. The van der Waals surface area contributed by atoms with Crippen LogP contribution in [0.4, 0.5) is 0 Å². The molecule has 0 saturated heterocycles. The number of carbonyl (C=O) groups is 2. The predicted molar refractivity (Wildman–Crippen MR) is 67.3 cm³/mol. The topological polar surface area (TPSA) is 78.8 Å². The van der Waals surface area contributed by atoms with Crippen LogP contribution in [0.5, 0.6) is 0 Å². The third-order valence-electron chi connectivity index (χ3n) is 2.35. The molecule has 0 fully saturated rings. The van der Waals surface area contributed by atoms with E-state index < -0.39 is 11.9 Å². The van der Waals surface area contributed by atoms with E-state index in [1.165, 1.54) is 6.21 Å². The van der Waals surface area contributed by atoms with Gasteiger partial charge in [-0.15, -0.1) is 0 Å². The molecule has 0 bridgehead atoms. The van der Waals surface area contributed by atoms with Crippen LogP contribution in [0.1, 0.15) is 5.56 Å². The van der Waals surface area contributed by atoms with E-state index in [0.717, 1.165) is 16.3 Å². The van der Waals surface area contributed by atoms with Gasteiger partial charge in [-0.2, -0.15) is 5.10 Å². The van der Waals surface area contributed by atoms with Crippen molar-refractivity contribution in [2.75, 3.05) is 0 Å². The molecule has 0 aliphatic heterocycles. The number of carboxylic acid groups (broad SMARTS) is 1. The Morgan fingerprint density at radius 2 is 1.83 bits per heavy atom. The maximum absolute atomic E-state index is 10.7. The van der Waals surface area contributed by atoms with Gasteiger partial charge in [-0.3, -0.25) is 4.79 Å². The van der Waals surface area contributed by atoms with Crippen molar-refractivity contribution in [1.82, 2.24) is 5.43 Å². The lowest BCUT2D eigenvalue weighted by Gasteiger charge is -1.98. The van der Waals surface area contributed by atoms with Crippen LogP contribution in [0.2, 0.25) is 0 Å². The summed E-state index contributed by atoms with van der Waals surface area (Å²) in [4.78, 5) is 21.0. The summed E-state index contributed by atoms with van der Waals surface area (Å²) < 4.78 is 0. The standard InChI is InChI=1S/C13H10N2O3/c16-12(13(17)18)15-14-8-9-5-6-10-3-1-2-4-11(10)7-9/h1-8H,(H,15,16)(H,17,18)/b14-8+. The summed E-state index contributed by atoms with van der Waals surface area (Å²) in [6.45, 7) is 0. The molecule has 0 atom stereocenters. The van der Waals surface area contributed by atoms with E-state index in [0.29, 0.717) is 0 Å². The molecule has 2 N–H and O–H groups in total. The van der Waals surface area contributed by atoms with Gasteiger partial charge in [-0.25, -0.2) is 10.2 Å². The van der Waals surface area contributed by atoms with Gasteiger partial charge in [0.25, 0.3) is 0 Å². The summed E-state index contributed by atoms with van der Waals surface area (Å²) >= 11 is 0. The van der Waals surface area contributed by atoms with E-state index in [2.05, 4.69) is 5.10 Å². The number of aliphatic carboxylic acids is 1. The highest BCUT2D eigenvalue weighted by molar-refractivity contribution is 6.31. The number of amides is 1. The zero-order valence-electron chi connectivity index (χ0n) is 9.33. The zero-order valence-corrected chi connectivity index (χ0v) is 9.33. The fraction of sp³-hybridized carbons (Fsp3) is 0. The number of nitrogens with one attached hydrogen (secondary N) is 1. The first-order valence-corrected chi connectivity index (χ1v) is 5.22. The Labute approximate surface area is 103 Å². The molecule has 5 nitrogen and oxygen atoms in total. The molecule has 0 aliphatic rings. The maximum Gasteiger partial charge on any atom is 0.396 e. The Morgan fingerprint density at radius 1 is 1.11 bits per heavy atom. The molecule has 2 aromatic rings. The first-order chi connectivity index (χ1) is 8.66. The number of benzene rings is 2. The van der Waals surface area contributed by atoms with Crippen LogP contribution < -0.4 is 5.43 Å². The van der Waals surface area contributed by atoms with Crippen molar-refractivity contribution in [2.45, 2.75) is 0 Å². The van der Waals surface area contributed by atoms with Gasteiger partial charge >= 0.3 is 11.9 Å². The first kappa shape index (κ1) is 11.8. The van der Waals surface area contributed by atoms with E-state index in [-0.39, 0.29) is 0 Å². The van der Waals surface area contributed by atoms with Gasteiger partial charge in [0, 0.05) is 0 Å². The Kier molecular flexibility index (Phi) is 3.33. The molecule has 0 spiro atoms. The molecule has 18 heavy (non-hydrogen) atoms. The minimum Gasteiger partial charge on any atom is -0.474 e. The highest BCUT2D eigenvalue weighted by Gasteiger charge is 2.08. The number of carboxylic acids is 1. The lowest BCUT2D eigenvalue weighted by molar-refractivity contribution is -0.150. The fourth-order valence-electron chi connectivity index (χ4n) is 1.50. The summed E-state index contributed by atoms with van der Waals surface area (Å²) in [6, 6.07) is 13.5. The second-order valence-corrected chi connectivity index (χ2v) is 3.61. The second-order valence-electron chi connectivity index (χ2n) is 3.61. The van der Waals surface area contributed by atoms with Crippen molar-refractivity contribution < 1.29 is 14.7 Å². The molecule has 0 aliphatic carbocycles. The number of hydrogen-bond acceptors (Lipinski definition) is 3. The van der Waals surface area contributed by atoms with E-state index >= 15 is 0 Å². The normalized spacial score (nSPS) is 10.7. The smallest absolute Gasteiger partial charge is 0.396 e. The molecule has 5 heteroatoms. The molecular formula is C13H10N2O3. The summed E-state index contributed by atoms with van der Waals surface area (Å²) in [5.41, 5.74) is 2.69. The molecule has 0 saturated carbocycles. The van der Waals surface area contributed by atoms with Gasteiger partial charge in [0.05, 0.1) is 6.21 Å². The van der Waals surface area contributed by atoms with Crippen molar-refractivity contribution >= 4 is 28.9 Å². The first-order valence-electron chi connectivity index (χ1n) is 5.22. The van der Waals surface area contributed by atoms with E-state index in [1.807, 2.05) is 47.9 Å². The second kappa shape index (κ2) is 5.09. The zero-order chi connectivity index (χ0) is 13.0. The van der Waals surface area contributed by atoms with Crippen LogP contribution in [0.3, 0.4) is 0 Å². The largest absolute Gasteiger partial charge is 0.474 e. The lowest BCUT2D eigenvalue weighted by atomic mass is 10.1. The molecule has 2 aromatic carbocycles. The number of hydrazone groups is 1. The highest BCUT2D eigenvalue weighted by atomic mass is 16.4. The predicted octanol–water partition coefficient (Wildman–Crippen LogP) is 1.37. The number of carbonyl (C=O) groups excluding carboxylic acids is 1. The summed E-state index contributed by atoms with van der Waals surface area (Å²) in [6.07, 6.45) is 1.40. The number of rotatable bonds is 2. The molecule has 0 unspecified atom stereocenters. The molecule has 0 radical (unpaired) electrons. The van der Waals surface area contributed by atoms with Crippen LogP contribution in [0, 0.1) is 0 Å². The molecule has 90 valence electrons. The van der Waals surface area contributed by atoms with Gasteiger partial charge in [0.15, 0.2) is 0 Å². The van der Waals surface area contributed by atoms with Crippen LogP contribution in [0.15, 0.2) is 47.6 Å². The number of hydrogen-bond donors (Lipinski definition) is 2. The Bertz CT molecular complexity index is 635. The van der Waals surface area contributed by atoms with Crippen molar-refractivity contribution in [1.29, 1.82) is 0 Å². The molecule has 2 rings (SSSR count).